The second kappa shape index (κ2) is 6.58. The first-order chi connectivity index (χ1) is 9.15. The maximum atomic E-state index is 11.7. The van der Waals surface area contributed by atoms with Crippen LogP contribution in [0.25, 0.3) is 0 Å². The molecule has 1 aliphatic heterocycles. The largest absolute Gasteiger partial charge is 0.458 e. The van der Waals surface area contributed by atoms with Gasteiger partial charge in [-0.2, -0.15) is 0 Å². The summed E-state index contributed by atoms with van der Waals surface area (Å²) in [5, 5.41) is 0. The average molecular weight is 282 g/mol. The fourth-order valence-corrected chi connectivity index (χ4v) is 2.56. The van der Waals surface area contributed by atoms with Gasteiger partial charge in [0.25, 0.3) is 0 Å². The van der Waals surface area contributed by atoms with Crippen LogP contribution in [0, 0.1) is 0 Å². The van der Waals surface area contributed by atoms with Gasteiger partial charge >= 0.3 is 11.9 Å². The van der Waals surface area contributed by atoms with E-state index >= 15 is 0 Å². The molecule has 0 bridgehead atoms. The van der Waals surface area contributed by atoms with E-state index in [1.807, 2.05) is 6.07 Å². The Balaban J connectivity index is 1.75. The number of esters is 2. The molecular formula is C13H14O5S. The van der Waals surface area contributed by atoms with Crippen molar-refractivity contribution in [3.8, 4) is 0 Å². The lowest BCUT2D eigenvalue weighted by Crippen LogP contribution is -2.15. The van der Waals surface area contributed by atoms with Crippen molar-refractivity contribution in [2.45, 2.75) is 17.8 Å². The molecule has 19 heavy (non-hydrogen) atoms. The minimum absolute atomic E-state index is 0.135. The van der Waals surface area contributed by atoms with Crippen LogP contribution in [0.3, 0.4) is 0 Å². The Morgan fingerprint density at radius 3 is 2.79 bits per heavy atom. The maximum Gasteiger partial charge on any atom is 0.338 e. The quantitative estimate of drug-likeness (QED) is 0.785. The van der Waals surface area contributed by atoms with Crippen LogP contribution in [0.4, 0.5) is 0 Å². The van der Waals surface area contributed by atoms with Crippen molar-refractivity contribution in [1.82, 2.24) is 0 Å². The lowest BCUT2D eigenvalue weighted by atomic mass is 10.2. The maximum absolute atomic E-state index is 11.7. The first kappa shape index (κ1) is 13.9. The van der Waals surface area contributed by atoms with Crippen LogP contribution in [-0.4, -0.2) is 36.0 Å². The number of benzene rings is 1. The summed E-state index contributed by atoms with van der Waals surface area (Å²) in [7, 11) is 0. The molecule has 1 aromatic carbocycles. The zero-order valence-electron chi connectivity index (χ0n) is 10.4. The molecule has 2 atom stereocenters. The van der Waals surface area contributed by atoms with Gasteiger partial charge in [0.2, 0.25) is 0 Å². The predicted molar refractivity (Wildman–Crippen MR) is 69.6 cm³/mol. The van der Waals surface area contributed by atoms with Crippen LogP contribution in [-0.2, 0) is 19.0 Å². The summed E-state index contributed by atoms with van der Waals surface area (Å²) in [6.45, 7) is 1.80. The lowest BCUT2D eigenvalue weighted by molar-refractivity contribution is -0.143. The van der Waals surface area contributed by atoms with Crippen LogP contribution in [0.15, 0.2) is 30.3 Å². The topological polar surface area (TPSA) is 61.8 Å². The van der Waals surface area contributed by atoms with Gasteiger partial charge in [0.05, 0.1) is 12.2 Å². The summed E-state index contributed by atoms with van der Waals surface area (Å²) >= 11 is 1.33. The highest BCUT2D eigenvalue weighted by atomic mass is 32.2. The van der Waals surface area contributed by atoms with Crippen molar-refractivity contribution in [2.24, 2.45) is 0 Å². The Bertz CT molecular complexity index is 448. The smallest absolute Gasteiger partial charge is 0.338 e. The molecule has 0 radical (unpaired) electrons. The molecule has 0 N–H and O–H groups in total. The standard InChI is InChI=1S/C13H14O5S/c1-9(14)18-12-8-16-11(19-12)7-17-13(15)10-5-3-2-4-6-10/h2-6,11-12H,7-8H2,1H3. The highest BCUT2D eigenvalue weighted by Gasteiger charge is 2.29. The number of ether oxygens (including phenoxy) is 3. The van der Waals surface area contributed by atoms with E-state index in [9.17, 15) is 9.59 Å². The fraction of sp³-hybridized carbons (Fsp3) is 0.385. The molecule has 0 amide bonds. The van der Waals surface area contributed by atoms with E-state index in [0.717, 1.165) is 0 Å². The number of hydrogen-bond acceptors (Lipinski definition) is 6. The molecule has 102 valence electrons. The number of carbonyl (C=O) groups excluding carboxylic acids is 2. The molecule has 0 aliphatic carbocycles. The second-order valence-corrected chi connectivity index (χ2v) is 5.23. The fourth-order valence-electron chi connectivity index (χ4n) is 1.57. The summed E-state index contributed by atoms with van der Waals surface area (Å²) in [6.07, 6.45) is 0. The molecule has 6 heteroatoms. The Hall–Kier alpha value is -1.53. The van der Waals surface area contributed by atoms with E-state index in [4.69, 9.17) is 14.2 Å². The molecule has 1 heterocycles. The first-order valence-corrected chi connectivity index (χ1v) is 6.76. The Morgan fingerprint density at radius 1 is 1.37 bits per heavy atom. The van der Waals surface area contributed by atoms with Crippen molar-refractivity contribution in [3.05, 3.63) is 35.9 Å². The van der Waals surface area contributed by atoms with Gasteiger partial charge in [-0.3, -0.25) is 4.79 Å². The minimum Gasteiger partial charge on any atom is -0.458 e. The molecule has 1 saturated heterocycles. The van der Waals surface area contributed by atoms with Gasteiger partial charge in [0, 0.05) is 6.92 Å². The summed E-state index contributed by atoms with van der Waals surface area (Å²) in [5.41, 5.74) is -0.114. The third-order valence-electron chi connectivity index (χ3n) is 2.38. The van der Waals surface area contributed by atoms with Crippen molar-refractivity contribution < 1.29 is 23.8 Å². The Labute approximate surface area is 115 Å². The predicted octanol–water partition coefficient (Wildman–Crippen LogP) is 1.82. The van der Waals surface area contributed by atoms with E-state index in [2.05, 4.69) is 0 Å². The number of hydrogen-bond donors (Lipinski definition) is 0. The van der Waals surface area contributed by atoms with E-state index < -0.39 is 0 Å². The SMILES string of the molecule is CC(=O)OC1COC(COC(=O)c2ccccc2)S1. The first-order valence-electron chi connectivity index (χ1n) is 5.81. The summed E-state index contributed by atoms with van der Waals surface area (Å²) in [6, 6.07) is 8.75. The minimum atomic E-state index is -0.388. The van der Waals surface area contributed by atoms with Crippen LogP contribution in [0.2, 0.25) is 0 Å². The molecule has 1 aliphatic rings. The average Bonchev–Trinajstić information content (AvgIpc) is 2.84. The molecule has 0 aromatic heterocycles. The van der Waals surface area contributed by atoms with Crippen LogP contribution in [0.1, 0.15) is 17.3 Å². The van der Waals surface area contributed by atoms with Crippen LogP contribution in [0.5, 0.6) is 0 Å². The molecule has 5 nitrogen and oxygen atoms in total. The Kier molecular flexibility index (Phi) is 4.81. The Morgan fingerprint density at radius 2 is 2.11 bits per heavy atom. The van der Waals surface area contributed by atoms with E-state index in [1.165, 1.54) is 18.7 Å². The molecule has 0 spiro atoms. The van der Waals surface area contributed by atoms with Gasteiger partial charge in [-0.25, -0.2) is 4.79 Å². The third-order valence-corrected chi connectivity index (χ3v) is 3.49. The van der Waals surface area contributed by atoms with Crippen molar-refractivity contribution in [1.29, 1.82) is 0 Å². The number of thioether (sulfide) groups is 1. The third kappa shape index (κ3) is 4.25. The summed E-state index contributed by atoms with van der Waals surface area (Å²) < 4.78 is 15.5. The van der Waals surface area contributed by atoms with Gasteiger partial charge in [0.15, 0.2) is 5.44 Å². The lowest BCUT2D eigenvalue weighted by Gasteiger charge is -2.10. The molecule has 2 rings (SSSR count). The van der Waals surface area contributed by atoms with Crippen molar-refractivity contribution in [2.75, 3.05) is 13.2 Å². The zero-order chi connectivity index (χ0) is 13.7. The monoisotopic (exact) mass is 282 g/mol. The molecule has 1 fully saturated rings. The number of carbonyl (C=O) groups is 2. The van der Waals surface area contributed by atoms with Gasteiger partial charge in [-0.15, -0.1) is 0 Å². The van der Waals surface area contributed by atoms with Gasteiger partial charge in [-0.1, -0.05) is 30.0 Å². The van der Waals surface area contributed by atoms with Crippen molar-refractivity contribution in [3.63, 3.8) is 0 Å². The normalized spacial score (nSPS) is 21.9. The van der Waals surface area contributed by atoms with Crippen LogP contribution >= 0.6 is 11.8 Å². The summed E-state index contributed by atoms with van der Waals surface area (Å²) in [5.74, 6) is -0.733. The van der Waals surface area contributed by atoms with Gasteiger partial charge < -0.3 is 14.2 Å². The van der Waals surface area contributed by atoms with Gasteiger partial charge in [-0.05, 0) is 12.1 Å². The molecular weight excluding hydrogens is 268 g/mol. The highest BCUT2D eigenvalue weighted by molar-refractivity contribution is 8.00. The highest BCUT2D eigenvalue weighted by Crippen LogP contribution is 2.28. The molecule has 0 saturated carbocycles. The second-order valence-electron chi connectivity index (χ2n) is 3.90. The van der Waals surface area contributed by atoms with E-state index in [1.54, 1.807) is 24.3 Å². The number of rotatable bonds is 4. The zero-order valence-corrected chi connectivity index (χ0v) is 11.2. The van der Waals surface area contributed by atoms with Crippen molar-refractivity contribution >= 4 is 23.7 Å². The molecule has 1 aromatic rings. The summed E-state index contributed by atoms with van der Waals surface area (Å²) in [4.78, 5) is 22.5. The van der Waals surface area contributed by atoms with E-state index in [0.29, 0.717) is 12.2 Å². The van der Waals surface area contributed by atoms with Gasteiger partial charge in [0.1, 0.15) is 12.0 Å². The molecule has 2 unspecified atom stereocenters. The van der Waals surface area contributed by atoms with Crippen LogP contribution < -0.4 is 0 Å². The van der Waals surface area contributed by atoms with E-state index in [-0.39, 0.29) is 29.4 Å².